The number of hydrogen-bond donors (Lipinski definition) is 2. The minimum atomic E-state index is -0.791. The van der Waals surface area contributed by atoms with Gasteiger partial charge in [-0.2, -0.15) is 10.4 Å². The number of benzene rings is 3. The fraction of sp³-hybridized carbons (Fsp3) is 0.0385. The average Bonchev–Trinajstić information content (AvgIpc) is 3.31. The van der Waals surface area contributed by atoms with E-state index >= 15 is 0 Å². The lowest BCUT2D eigenvalue weighted by atomic mass is 10.1. The number of nitrogens with one attached hydrogen (secondary N) is 2. The summed E-state index contributed by atoms with van der Waals surface area (Å²) in [4.78, 5) is 37.7. The van der Waals surface area contributed by atoms with Gasteiger partial charge in [0.15, 0.2) is 12.4 Å². The molecule has 9 nitrogen and oxygen atoms in total. The molecule has 4 aromatic rings. The van der Waals surface area contributed by atoms with Gasteiger partial charge in [-0.25, -0.2) is 9.48 Å². The second-order valence-electron chi connectivity index (χ2n) is 7.26. The number of carbonyl (C=O) groups is 3. The van der Waals surface area contributed by atoms with E-state index in [9.17, 15) is 19.6 Å². The third-order valence-electron chi connectivity index (χ3n) is 4.91. The highest BCUT2D eigenvalue weighted by Crippen LogP contribution is 2.20. The topological polar surface area (TPSA) is 126 Å². The van der Waals surface area contributed by atoms with Crippen LogP contribution in [-0.4, -0.2) is 34.2 Å². The number of amides is 2. The molecule has 1 aromatic heterocycles. The van der Waals surface area contributed by atoms with E-state index in [0.29, 0.717) is 11.3 Å². The number of rotatable bonds is 7. The lowest BCUT2D eigenvalue weighted by molar-refractivity contribution is -0.119. The highest BCUT2D eigenvalue weighted by Gasteiger charge is 2.19. The number of ether oxygens (including phenoxy) is 1. The number of nitrogens with zero attached hydrogens (tertiary/aromatic N) is 3. The Labute approximate surface area is 200 Å². The number of carbonyl (C=O) groups excluding carboxylic acids is 3. The van der Waals surface area contributed by atoms with Gasteiger partial charge in [-0.1, -0.05) is 48.5 Å². The van der Waals surface area contributed by atoms with Gasteiger partial charge in [0.2, 0.25) is 0 Å². The van der Waals surface area contributed by atoms with E-state index in [-0.39, 0.29) is 28.5 Å². The van der Waals surface area contributed by atoms with Crippen LogP contribution in [0.25, 0.3) is 5.69 Å². The molecule has 0 unspecified atom stereocenters. The van der Waals surface area contributed by atoms with Gasteiger partial charge in [-0.15, -0.1) is 0 Å². The van der Waals surface area contributed by atoms with Crippen LogP contribution >= 0.6 is 0 Å². The molecule has 35 heavy (non-hydrogen) atoms. The molecular weight excluding hydrogens is 446 g/mol. The quantitative estimate of drug-likeness (QED) is 0.400. The fourth-order valence-electron chi connectivity index (χ4n) is 3.25. The van der Waals surface area contributed by atoms with E-state index in [1.54, 1.807) is 72.8 Å². The Morgan fingerprint density at radius 2 is 1.54 bits per heavy atom. The van der Waals surface area contributed by atoms with Crippen molar-refractivity contribution < 1.29 is 19.1 Å². The van der Waals surface area contributed by atoms with Crippen LogP contribution in [0.15, 0.2) is 91.1 Å². The largest absolute Gasteiger partial charge is 0.452 e. The maximum atomic E-state index is 12.7. The van der Waals surface area contributed by atoms with Crippen molar-refractivity contribution in [3.63, 3.8) is 0 Å². The molecule has 0 fully saturated rings. The molecule has 2 amide bonds. The fourth-order valence-corrected chi connectivity index (χ4v) is 3.25. The highest BCUT2D eigenvalue weighted by atomic mass is 16.5. The summed E-state index contributed by atoms with van der Waals surface area (Å²) in [5.74, 6) is -1.67. The monoisotopic (exact) mass is 465 g/mol. The van der Waals surface area contributed by atoms with Crippen molar-refractivity contribution in [3.8, 4) is 11.8 Å². The third-order valence-corrected chi connectivity index (χ3v) is 4.91. The second-order valence-corrected chi connectivity index (χ2v) is 7.26. The van der Waals surface area contributed by atoms with Crippen molar-refractivity contribution in [2.75, 3.05) is 17.2 Å². The van der Waals surface area contributed by atoms with Crippen molar-refractivity contribution in [1.82, 2.24) is 9.78 Å². The molecular formula is C26H19N5O4. The molecule has 0 aliphatic heterocycles. The van der Waals surface area contributed by atoms with Crippen molar-refractivity contribution in [1.29, 1.82) is 5.26 Å². The van der Waals surface area contributed by atoms with Gasteiger partial charge in [0.1, 0.15) is 11.6 Å². The molecule has 1 heterocycles. The summed E-state index contributed by atoms with van der Waals surface area (Å²) in [5.41, 5.74) is 1.57. The predicted octanol–water partition coefficient (Wildman–Crippen LogP) is 3.79. The number of para-hydroxylation sites is 2. The van der Waals surface area contributed by atoms with Crippen LogP contribution in [0.1, 0.15) is 26.3 Å². The van der Waals surface area contributed by atoms with Crippen molar-refractivity contribution >= 4 is 29.3 Å². The van der Waals surface area contributed by atoms with Gasteiger partial charge in [-0.3, -0.25) is 9.59 Å². The van der Waals surface area contributed by atoms with Gasteiger partial charge in [0, 0.05) is 5.56 Å². The number of nitriles is 1. The smallest absolute Gasteiger partial charge is 0.340 e. The van der Waals surface area contributed by atoms with Gasteiger partial charge in [0.25, 0.3) is 11.8 Å². The first-order valence-electron chi connectivity index (χ1n) is 10.5. The Morgan fingerprint density at radius 1 is 0.886 bits per heavy atom. The van der Waals surface area contributed by atoms with Crippen LogP contribution in [0.5, 0.6) is 0 Å². The Kier molecular flexibility index (Phi) is 6.94. The molecule has 0 saturated carbocycles. The van der Waals surface area contributed by atoms with E-state index in [4.69, 9.17) is 4.74 Å². The van der Waals surface area contributed by atoms with Gasteiger partial charge < -0.3 is 15.4 Å². The Morgan fingerprint density at radius 3 is 2.26 bits per heavy atom. The summed E-state index contributed by atoms with van der Waals surface area (Å²) in [6, 6.07) is 25.8. The maximum absolute atomic E-state index is 12.7. The van der Waals surface area contributed by atoms with E-state index in [1.165, 1.54) is 16.9 Å². The van der Waals surface area contributed by atoms with Crippen LogP contribution in [0.3, 0.4) is 0 Å². The molecule has 172 valence electrons. The molecule has 0 aliphatic carbocycles. The Balaban J connectivity index is 1.43. The highest BCUT2D eigenvalue weighted by molar-refractivity contribution is 6.08. The number of esters is 1. The molecule has 3 aromatic carbocycles. The van der Waals surface area contributed by atoms with Gasteiger partial charge >= 0.3 is 5.97 Å². The minimum absolute atomic E-state index is 0.0941. The van der Waals surface area contributed by atoms with Crippen LogP contribution in [0.2, 0.25) is 0 Å². The predicted molar refractivity (Wildman–Crippen MR) is 128 cm³/mol. The summed E-state index contributed by atoms with van der Waals surface area (Å²) in [6.45, 7) is -0.607. The minimum Gasteiger partial charge on any atom is -0.452 e. The lowest BCUT2D eigenvalue weighted by Crippen LogP contribution is -2.23. The molecule has 0 radical (unpaired) electrons. The molecule has 2 N–H and O–H groups in total. The third kappa shape index (κ3) is 5.40. The zero-order valence-corrected chi connectivity index (χ0v) is 18.3. The molecule has 4 rings (SSSR count). The number of hydrogen-bond acceptors (Lipinski definition) is 6. The number of aromatic nitrogens is 2. The zero-order chi connectivity index (χ0) is 24.6. The lowest BCUT2D eigenvalue weighted by Gasteiger charge is -2.12. The van der Waals surface area contributed by atoms with Crippen LogP contribution in [0, 0.1) is 11.3 Å². The van der Waals surface area contributed by atoms with Crippen LogP contribution in [0.4, 0.5) is 11.5 Å². The molecule has 0 atom stereocenters. The molecule has 0 bridgehead atoms. The Bertz CT molecular complexity index is 1410. The molecule has 0 aliphatic rings. The first-order chi connectivity index (χ1) is 17.1. The molecule has 9 heteroatoms. The summed E-state index contributed by atoms with van der Waals surface area (Å²) in [5, 5.41) is 18.8. The maximum Gasteiger partial charge on any atom is 0.340 e. The van der Waals surface area contributed by atoms with E-state index < -0.39 is 18.5 Å². The van der Waals surface area contributed by atoms with Crippen LogP contribution in [-0.2, 0) is 9.53 Å². The normalized spacial score (nSPS) is 10.1. The standard InChI is InChI=1S/C26H19N5O4/c27-15-19-16-28-31(20-11-5-2-6-12-20)24(19)30-23(32)17-35-26(34)21-13-7-8-14-22(21)29-25(33)18-9-3-1-4-10-18/h1-14,16H,17H2,(H,29,33)(H,30,32). The first kappa shape index (κ1) is 22.9. The van der Waals surface area contributed by atoms with Crippen molar-refractivity contribution in [3.05, 3.63) is 108 Å². The van der Waals surface area contributed by atoms with E-state index in [0.717, 1.165) is 0 Å². The summed E-state index contributed by atoms with van der Waals surface area (Å²) < 4.78 is 6.58. The van der Waals surface area contributed by atoms with E-state index in [1.807, 2.05) is 12.1 Å². The second kappa shape index (κ2) is 10.6. The zero-order valence-electron chi connectivity index (χ0n) is 18.3. The summed E-state index contributed by atoms with van der Waals surface area (Å²) in [7, 11) is 0. The number of anilines is 2. The van der Waals surface area contributed by atoms with Crippen LogP contribution < -0.4 is 10.6 Å². The Hall–Kier alpha value is -5.23. The van der Waals surface area contributed by atoms with E-state index in [2.05, 4.69) is 15.7 Å². The molecule has 0 saturated heterocycles. The van der Waals surface area contributed by atoms with Gasteiger partial charge in [-0.05, 0) is 36.4 Å². The van der Waals surface area contributed by atoms with Crippen molar-refractivity contribution in [2.24, 2.45) is 0 Å². The molecule has 0 spiro atoms. The van der Waals surface area contributed by atoms with Crippen molar-refractivity contribution in [2.45, 2.75) is 0 Å². The average molecular weight is 465 g/mol. The first-order valence-corrected chi connectivity index (χ1v) is 10.5. The summed E-state index contributed by atoms with van der Waals surface area (Å²) in [6.07, 6.45) is 1.33. The SMILES string of the molecule is N#Cc1cnn(-c2ccccc2)c1NC(=O)COC(=O)c1ccccc1NC(=O)c1ccccc1. The summed E-state index contributed by atoms with van der Waals surface area (Å²) >= 11 is 0. The van der Waals surface area contributed by atoms with Gasteiger partial charge in [0.05, 0.1) is 23.1 Å².